The van der Waals surface area contributed by atoms with Crippen LogP contribution in [0, 0.1) is 6.92 Å². The molecule has 1 N–H and O–H groups in total. The number of aromatic nitrogens is 1. The number of nitrogens with one attached hydrogen (secondary N) is 1. The lowest BCUT2D eigenvalue weighted by Crippen LogP contribution is -2.29. The van der Waals surface area contributed by atoms with Gasteiger partial charge in [-0.25, -0.2) is 0 Å². The third-order valence-corrected chi connectivity index (χ3v) is 2.84. The summed E-state index contributed by atoms with van der Waals surface area (Å²) in [5, 5.41) is 3.36. The van der Waals surface area contributed by atoms with Gasteiger partial charge in [0.25, 0.3) is 0 Å². The van der Waals surface area contributed by atoms with Crippen molar-refractivity contribution in [3.63, 3.8) is 0 Å². The summed E-state index contributed by atoms with van der Waals surface area (Å²) in [5.41, 5.74) is 1.95. The van der Waals surface area contributed by atoms with Gasteiger partial charge in [-0.3, -0.25) is 4.98 Å². The van der Waals surface area contributed by atoms with Crippen molar-refractivity contribution >= 4 is 11.6 Å². The molecule has 4 heteroatoms. The van der Waals surface area contributed by atoms with Gasteiger partial charge < -0.3 is 10.1 Å². The zero-order valence-electron chi connectivity index (χ0n) is 10.1. The summed E-state index contributed by atoms with van der Waals surface area (Å²) in [6, 6.07) is 4.21. The molecule has 0 aromatic carbocycles. The average Bonchev–Trinajstić information content (AvgIpc) is 2.29. The highest BCUT2D eigenvalue weighted by molar-refractivity contribution is 6.18. The van der Waals surface area contributed by atoms with Crippen molar-refractivity contribution in [2.45, 2.75) is 32.9 Å². The van der Waals surface area contributed by atoms with Crippen LogP contribution in [0.3, 0.4) is 0 Å². The van der Waals surface area contributed by atoms with Crippen LogP contribution in [0.4, 0.5) is 0 Å². The molecule has 3 nitrogen and oxygen atoms in total. The Morgan fingerprint density at radius 1 is 1.50 bits per heavy atom. The molecule has 0 radical (unpaired) electrons. The first-order chi connectivity index (χ1) is 7.69. The average molecular weight is 243 g/mol. The predicted molar refractivity (Wildman–Crippen MR) is 67.2 cm³/mol. The summed E-state index contributed by atoms with van der Waals surface area (Å²) < 4.78 is 5.20. The largest absolute Gasteiger partial charge is 0.497 e. The van der Waals surface area contributed by atoms with Crippen LogP contribution in [0.25, 0.3) is 0 Å². The van der Waals surface area contributed by atoms with E-state index >= 15 is 0 Å². The summed E-state index contributed by atoms with van der Waals surface area (Å²) in [5.74, 6) is 1.47. The van der Waals surface area contributed by atoms with Crippen LogP contribution >= 0.6 is 11.6 Å². The summed E-state index contributed by atoms with van der Waals surface area (Å²) in [7, 11) is 1.67. The van der Waals surface area contributed by atoms with Gasteiger partial charge in [-0.2, -0.15) is 0 Å². The lowest BCUT2D eigenvalue weighted by Gasteiger charge is -2.13. The van der Waals surface area contributed by atoms with Gasteiger partial charge >= 0.3 is 0 Å². The molecule has 1 aromatic heterocycles. The summed E-state index contributed by atoms with van der Waals surface area (Å²) in [6.45, 7) is 4.80. The van der Waals surface area contributed by atoms with Crippen LogP contribution in [0.1, 0.15) is 24.7 Å². The van der Waals surface area contributed by atoms with E-state index in [2.05, 4.69) is 17.2 Å². The molecular formula is C12H19ClN2O. The number of aryl methyl sites for hydroxylation is 1. The van der Waals surface area contributed by atoms with Crippen molar-refractivity contribution in [1.82, 2.24) is 10.3 Å². The molecule has 90 valence electrons. The first-order valence-electron chi connectivity index (χ1n) is 5.50. The van der Waals surface area contributed by atoms with Gasteiger partial charge in [0.15, 0.2) is 0 Å². The number of nitrogens with zero attached hydrogens (tertiary/aromatic N) is 1. The maximum Gasteiger partial charge on any atom is 0.122 e. The van der Waals surface area contributed by atoms with Crippen molar-refractivity contribution in [3.8, 4) is 5.75 Å². The smallest absolute Gasteiger partial charge is 0.122 e. The third kappa shape index (κ3) is 3.99. The number of alkyl halides is 1. The minimum atomic E-state index is 0.343. The van der Waals surface area contributed by atoms with E-state index < -0.39 is 0 Å². The summed E-state index contributed by atoms with van der Waals surface area (Å²) in [4.78, 5) is 4.44. The Hall–Kier alpha value is -0.800. The minimum absolute atomic E-state index is 0.343. The molecule has 0 aliphatic rings. The summed E-state index contributed by atoms with van der Waals surface area (Å²) in [6.07, 6.45) is 1.02. The molecule has 1 unspecified atom stereocenters. The second-order valence-corrected chi connectivity index (χ2v) is 4.09. The Bertz CT molecular complexity index is 327. The zero-order valence-corrected chi connectivity index (χ0v) is 10.8. The molecule has 16 heavy (non-hydrogen) atoms. The first kappa shape index (κ1) is 13.3. The SMILES string of the molecule is CCC(CCl)NCc1cc(OC)cc(C)n1. The van der Waals surface area contributed by atoms with Crippen molar-refractivity contribution in [3.05, 3.63) is 23.5 Å². The fraction of sp³-hybridized carbons (Fsp3) is 0.583. The van der Waals surface area contributed by atoms with Crippen molar-refractivity contribution in [1.29, 1.82) is 0 Å². The van der Waals surface area contributed by atoms with Crippen LogP contribution in [-0.4, -0.2) is 24.0 Å². The highest BCUT2D eigenvalue weighted by atomic mass is 35.5. The van der Waals surface area contributed by atoms with Crippen molar-refractivity contribution < 1.29 is 4.74 Å². The highest BCUT2D eigenvalue weighted by Crippen LogP contribution is 2.13. The van der Waals surface area contributed by atoms with E-state index in [1.165, 1.54) is 0 Å². The highest BCUT2D eigenvalue weighted by Gasteiger charge is 2.05. The molecule has 0 bridgehead atoms. The Kier molecular flexibility index (Phi) is 5.56. The molecular weight excluding hydrogens is 224 g/mol. The molecule has 0 fully saturated rings. The molecule has 0 amide bonds. The second-order valence-electron chi connectivity index (χ2n) is 3.78. The molecule has 1 rings (SSSR count). The predicted octanol–water partition coefficient (Wildman–Crippen LogP) is 2.51. The fourth-order valence-corrected chi connectivity index (χ4v) is 1.80. The number of ether oxygens (including phenoxy) is 1. The Labute approximate surface area is 102 Å². The minimum Gasteiger partial charge on any atom is -0.497 e. The standard InChI is InChI=1S/C12H19ClN2O/c1-4-10(7-13)14-8-11-6-12(16-3)5-9(2)15-11/h5-6,10,14H,4,7-8H2,1-3H3. The molecule has 0 aliphatic heterocycles. The number of hydrogen-bond donors (Lipinski definition) is 1. The van der Waals surface area contributed by atoms with Gasteiger partial charge in [-0.1, -0.05) is 6.92 Å². The number of rotatable bonds is 6. The monoisotopic (exact) mass is 242 g/mol. The van der Waals surface area contributed by atoms with Crippen molar-refractivity contribution in [2.24, 2.45) is 0 Å². The van der Waals surface area contributed by atoms with E-state index in [4.69, 9.17) is 16.3 Å². The van der Waals surface area contributed by atoms with Crippen LogP contribution < -0.4 is 10.1 Å². The van der Waals surface area contributed by atoms with Gasteiger partial charge in [0.1, 0.15) is 5.75 Å². The fourth-order valence-electron chi connectivity index (χ4n) is 1.47. The van der Waals surface area contributed by atoms with Crippen LogP contribution in [0.5, 0.6) is 5.75 Å². The van der Waals surface area contributed by atoms with Gasteiger partial charge in [-0.05, 0) is 13.3 Å². The van der Waals surface area contributed by atoms with E-state index in [1.54, 1.807) is 7.11 Å². The van der Waals surface area contributed by atoms with Crippen molar-refractivity contribution in [2.75, 3.05) is 13.0 Å². The normalized spacial score (nSPS) is 12.5. The second kappa shape index (κ2) is 6.71. The number of halogens is 1. The van der Waals surface area contributed by atoms with E-state index in [9.17, 15) is 0 Å². The molecule has 0 saturated carbocycles. The van der Waals surface area contributed by atoms with E-state index in [1.807, 2.05) is 19.1 Å². The molecule has 1 heterocycles. The van der Waals surface area contributed by atoms with Crippen LogP contribution in [0.2, 0.25) is 0 Å². The first-order valence-corrected chi connectivity index (χ1v) is 6.04. The Morgan fingerprint density at radius 3 is 2.81 bits per heavy atom. The lowest BCUT2D eigenvalue weighted by molar-refractivity contribution is 0.412. The van der Waals surface area contributed by atoms with E-state index in [0.29, 0.717) is 11.9 Å². The van der Waals surface area contributed by atoms with Gasteiger partial charge in [-0.15, -0.1) is 11.6 Å². The van der Waals surface area contributed by atoms with E-state index in [0.717, 1.165) is 30.1 Å². The summed E-state index contributed by atoms with van der Waals surface area (Å²) >= 11 is 5.82. The maximum absolute atomic E-state index is 5.82. The number of pyridine rings is 1. The number of hydrogen-bond acceptors (Lipinski definition) is 3. The Balaban J connectivity index is 2.62. The molecule has 1 aromatic rings. The van der Waals surface area contributed by atoms with Crippen LogP contribution in [0.15, 0.2) is 12.1 Å². The topological polar surface area (TPSA) is 34.1 Å². The van der Waals surface area contributed by atoms with Crippen LogP contribution in [-0.2, 0) is 6.54 Å². The van der Waals surface area contributed by atoms with Gasteiger partial charge in [0.2, 0.25) is 0 Å². The lowest BCUT2D eigenvalue weighted by atomic mass is 10.2. The van der Waals surface area contributed by atoms with Gasteiger partial charge in [0, 0.05) is 36.3 Å². The molecule has 1 atom stereocenters. The zero-order chi connectivity index (χ0) is 12.0. The molecule has 0 spiro atoms. The van der Waals surface area contributed by atoms with Gasteiger partial charge in [0.05, 0.1) is 12.8 Å². The molecule has 0 saturated heterocycles. The maximum atomic E-state index is 5.82. The Morgan fingerprint density at radius 2 is 2.25 bits per heavy atom. The van der Waals surface area contributed by atoms with E-state index in [-0.39, 0.29) is 0 Å². The number of methoxy groups -OCH3 is 1. The molecule has 0 aliphatic carbocycles. The third-order valence-electron chi connectivity index (χ3n) is 2.47. The quantitative estimate of drug-likeness (QED) is 0.779.